The molecule has 0 N–H and O–H groups in total. The van der Waals surface area contributed by atoms with E-state index in [2.05, 4.69) is 0 Å². The average molecular weight is 306 g/mol. The molecule has 0 spiro atoms. The summed E-state index contributed by atoms with van der Waals surface area (Å²) in [5, 5.41) is 10.7. The molecule has 20 heavy (non-hydrogen) atoms. The molecule has 0 fully saturated rings. The molecule has 0 radical (unpaired) electrons. The van der Waals surface area contributed by atoms with Crippen LogP contribution in [0.5, 0.6) is 0 Å². The lowest BCUT2D eigenvalue weighted by Crippen LogP contribution is -2.30. The van der Waals surface area contributed by atoms with Gasteiger partial charge in [0, 0.05) is 26.8 Å². The van der Waals surface area contributed by atoms with E-state index >= 15 is 0 Å². The number of aryl methyl sites for hydroxylation is 1. The van der Waals surface area contributed by atoms with E-state index in [1.165, 1.54) is 21.1 Å². The van der Waals surface area contributed by atoms with Crippen molar-refractivity contribution in [1.82, 2.24) is 4.31 Å². The summed E-state index contributed by atoms with van der Waals surface area (Å²) in [6.45, 7) is 1.64. The van der Waals surface area contributed by atoms with Crippen LogP contribution in [-0.2, 0) is 14.8 Å². The Morgan fingerprint density at radius 1 is 1.45 bits per heavy atom. The maximum Gasteiger partial charge on any atom is 0.306 e. The van der Waals surface area contributed by atoms with Gasteiger partial charge in [0.2, 0.25) is 15.8 Å². The lowest BCUT2D eigenvalue weighted by atomic mass is 10.2. The highest BCUT2D eigenvalue weighted by Gasteiger charge is 2.27. The molecule has 0 atom stereocenters. The summed E-state index contributed by atoms with van der Waals surface area (Å²) in [7, 11) is -1.19. The number of nitro benzene ring substituents is 1. The summed E-state index contributed by atoms with van der Waals surface area (Å²) in [5.41, 5.74) is -0.758. The zero-order valence-corrected chi connectivity index (χ0v) is 12.1. The molecule has 0 aliphatic heterocycles. The third-order valence-electron chi connectivity index (χ3n) is 2.74. The van der Waals surface area contributed by atoms with Crippen molar-refractivity contribution in [3.63, 3.8) is 0 Å². The highest BCUT2D eigenvalue weighted by molar-refractivity contribution is 7.89. The molecule has 1 rings (SSSR count). The van der Waals surface area contributed by atoms with E-state index in [1.54, 1.807) is 0 Å². The first-order valence-corrected chi connectivity index (χ1v) is 7.05. The van der Waals surface area contributed by atoms with E-state index in [0.717, 1.165) is 16.4 Å². The minimum absolute atomic E-state index is 0.0868. The zero-order valence-electron chi connectivity index (χ0n) is 11.3. The van der Waals surface area contributed by atoms with Crippen LogP contribution in [0.3, 0.4) is 0 Å². The Balaban J connectivity index is 3.31. The molecule has 112 valence electrons. The molecular weight excluding hydrogens is 291 g/mol. The smallest absolute Gasteiger partial charge is 0.306 e. The van der Waals surface area contributed by atoms with E-state index in [9.17, 15) is 22.9 Å². The van der Waals surface area contributed by atoms with Gasteiger partial charge in [-0.15, -0.1) is 0 Å². The third kappa shape index (κ3) is 3.30. The van der Waals surface area contributed by atoms with E-state index in [4.69, 9.17) is 4.74 Å². The van der Waals surface area contributed by atoms with Gasteiger partial charge in [-0.1, -0.05) is 0 Å². The minimum atomic E-state index is -3.93. The number of sulfonamides is 1. The van der Waals surface area contributed by atoms with Gasteiger partial charge in [0.25, 0.3) is 0 Å². The van der Waals surface area contributed by atoms with Crippen LogP contribution in [0.25, 0.3) is 0 Å². The molecule has 1 aromatic carbocycles. The number of hydrogen-bond donors (Lipinski definition) is 0. The van der Waals surface area contributed by atoms with Crippen LogP contribution in [0.2, 0.25) is 0 Å². The number of benzene rings is 1. The lowest BCUT2D eigenvalue weighted by Gasteiger charge is -2.18. The van der Waals surface area contributed by atoms with Gasteiger partial charge in [0.05, 0.1) is 16.4 Å². The Kier molecular flexibility index (Phi) is 5.15. The van der Waals surface area contributed by atoms with Crippen molar-refractivity contribution in [2.45, 2.75) is 11.8 Å². The Bertz CT molecular complexity index is 617. The standard InChI is InChI=1S/C11H15FN2O5S/c1-8-6-9(12)10(14(15)16)7-11(8)20(17,18)13(2)4-5-19-3/h6-7H,4-5H2,1-3H3. The van der Waals surface area contributed by atoms with Crippen molar-refractivity contribution in [1.29, 1.82) is 0 Å². The number of methoxy groups -OCH3 is 1. The van der Waals surface area contributed by atoms with E-state index in [1.807, 2.05) is 0 Å². The van der Waals surface area contributed by atoms with Crippen LogP contribution >= 0.6 is 0 Å². The lowest BCUT2D eigenvalue weighted by molar-refractivity contribution is -0.387. The largest absolute Gasteiger partial charge is 0.383 e. The summed E-state index contributed by atoms with van der Waals surface area (Å²) in [6.07, 6.45) is 0. The summed E-state index contributed by atoms with van der Waals surface area (Å²) in [6, 6.07) is 1.58. The molecule has 7 nitrogen and oxygen atoms in total. The minimum Gasteiger partial charge on any atom is -0.383 e. The van der Waals surface area contributed by atoms with E-state index in [0.29, 0.717) is 0 Å². The molecule has 0 bridgehead atoms. The predicted molar refractivity (Wildman–Crippen MR) is 69.5 cm³/mol. The van der Waals surface area contributed by atoms with Crippen molar-refractivity contribution in [3.05, 3.63) is 33.6 Å². The zero-order chi connectivity index (χ0) is 15.5. The van der Waals surface area contributed by atoms with E-state index < -0.39 is 26.5 Å². The van der Waals surface area contributed by atoms with Crippen LogP contribution in [0.4, 0.5) is 10.1 Å². The molecule has 0 aliphatic rings. The van der Waals surface area contributed by atoms with Gasteiger partial charge in [0.15, 0.2) is 0 Å². The van der Waals surface area contributed by atoms with Crippen molar-refractivity contribution in [2.24, 2.45) is 0 Å². The van der Waals surface area contributed by atoms with Gasteiger partial charge in [-0.25, -0.2) is 8.42 Å². The Morgan fingerprint density at radius 3 is 2.55 bits per heavy atom. The van der Waals surface area contributed by atoms with Crippen molar-refractivity contribution in [2.75, 3.05) is 27.3 Å². The summed E-state index contributed by atoms with van der Waals surface area (Å²) < 4.78 is 43.7. The molecular formula is C11H15FN2O5S. The molecule has 0 amide bonds. The number of likely N-dealkylation sites (N-methyl/N-ethyl adjacent to an activating group) is 1. The van der Waals surface area contributed by atoms with Crippen LogP contribution in [0, 0.1) is 22.9 Å². The number of nitrogens with zero attached hydrogens (tertiary/aromatic N) is 2. The first kappa shape index (κ1) is 16.5. The Labute approximate surface area is 116 Å². The Hall–Kier alpha value is -1.58. The van der Waals surface area contributed by atoms with Crippen molar-refractivity contribution in [3.8, 4) is 0 Å². The second-order valence-electron chi connectivity index (χ2n) is 4.15. The molecule has 0 saturated carbocycles. The summed E-state index contributed by atoms with van der Waals surface area (Å²) >= 11 is 0. The fourth-order valence-electron chi connectivity index (χ4n) is 1.57. The fraction of sp³-hybridized carbons (Fsp3) is 0.455. The Morgan fingerprint density at radius 2 is 2.05 bits per heavy atom. The van der Waals surface area contributed by atoms with Crippen LogP contribution in [-0.4, -0.2) is 45.0 Å². The SMILES string of the molecule is COCCN(C)S(=O)(=O)c1cc([N+](=O)[O-])c(F)cc1C. The van der Waals surface area contributed by atoms with Gasteiger partial charge in [-0.05, 0) is 18.6 Å². The van der Waals surface area contributed by atoms with Gasteiger partial charge in [0.1, 0.15) is 0 Å². The first-order valence-electron chi connectivity index (χ1n) is 5.61. The van der Waals surface area contributed by atoms with Crippen LogP contribution in [0.15, 0.2) is 17.0 Å². The monoisotopic (exact) mass is 306 g/mol. The highest BCUT2D eigenvalue weighted by Crippen LogP contribution is 2.26. The second kappa shape index (κ2) is 6.25. The van der Waals surface area contributed by atoms with Gasteiger partial charge in [-0.2, -0.15) is 8.70 Å². The molecule has 0 unspecified atom stereocenters. The van der Waals surface area contributed by atoms with Crippen molar-refractivity contribution >= 4 is 15.7 Å². The van der Waals surface area contributed by atoms with Gasteiger partial charge < -0.3 is 4.74 Å². The van der Waals surface area contributed by atoms with Crippen LogP contribution in [0.1, 0.15) is 5.56 Å². The number of nitro groups is 1. The molecule has 0 aliphatic carbocycles. The maximum atomic E-state index is 13.4. The number of rotatable bonds is 6. The number of ether oxygens (including phenoxy) is 1. The van der Waals surface area contributed by atoms with Crippen LogP contribution < -0.4 is 0 Å². The predicted octanol–water partition coefficient (Wildman–Crippen LogP) is 1.31. The summed E-state index contributed by atoms with van der Waals surface area (Å²) in [4.78, 5) is 9.45. The highest BCUT2D eigenvalue weighted by atomic mass is 32.2. The quantitative estimate of drug-likeness (QED) is 0.584. The molecule has 9 heteroatoms. The second-order valence-corrected chi connectivity index (χ2v) is 6.16. The van der Waals surface area contributed by atoms with Crippen molar-refractivity contribution < 1.29 is 22.5 Å². The summed E-state index contributed by atoms with van der Waals surface area (Å²) in [5.74, 6) is -1.06. The first-order chi connectivity index (χ1) is 9.21. The van der Waals surface area contributed by atoms with Gasteiger partial charge in [-0.3, -0.25) is 10.1 Å². The molecule has 0 aromatic heterocycles. The van der Waals surface area contributed by atoms with E-state index in [-0.39, 0.29) is 23.6 Å². The number of halogens is 1. The average Bonchev–Trinajstić information content (AvgIpc) is 2.34. The molecule has 0 heterocycles. The normalized spacial score (nSPS) is 11.8. The topological polar surface area (TPSA) is 89.8 Å². The van der Waals surface area contributed by atoms with Gasteiger partial charge >= 0.3 is 5.69 Å². The maximum absolute atomic E-state index is 13.4. The fourth-order valence-corrected chi connectivity index (χ4v) is 2.94. The number of hydrogen-bond acceptors (Lipinski definition) is 5. The molecule has 1 aromatic rings. The third-order valence-corrected chi connectivity index (χ3v) is 4.74. The molecule has 0 saturated heterocycles.